The van der Waals surface area contributed by atoms with Gasteiger partial charge in [-0.25, -0.2) is 0 Å². The second-order valence-electron chi connectivity index (χ2n) is 6.41. The van der Waals surface area contributed by atoms with Crippen LogP contribution in [0, 0.1) is 17.0 Å². The second kappa shape index (κ2) is 8.75. The Balaban J connectivity index is 1.86. The molecule has 0 fully saturated rings. The standard InChI is InChI=1S/C21H18N2O6S/c1-15-11-12-17(23(25)26)13-20(15)30(27,28)29-19-10-6-5-9-18(19)21(24)22-14-16-7-3-2-4-8-16/h2-13H,14H2,1H3,(H,22,24). The van der Waals surface area contributed by atoms with Crippen LogP contribution in [0.4, 0.5) is 5.69 Å². The minimum absolute atomic E-state index is 0.0279. The van der Waals surface area contributed by atoms with E-state index in [1.807, 2.05) is 30.3 Å². The highest BCUT2D eigenvalue weighted by Crippen LogP contribution is 2.27. The second-order valence-corrected chi connectivity index (χ2v) is 7.92. The Morgan fingerprint density at radius 2 is 1.70 bits per heavy atom. The molecule has 8 nitrogen and oxygen atoms in total. The quantitative estimate of drug-likeness (QED) is 0.351. The van der Waals surface area contributed by atoms with Gasteiger partial charge in [0.15, 0.2) is 5.75 Å². The first-order valence-corrected chi connectivity index (χ1v) is 10.3. The number of nitro groups is 1. The average molecular weight is 426 g/mol. The molecule has 0 unspecified atom stereocenters. The number of benzene rings is 3. The van der Waals surface area contributed by atoms with Gasteiger partial charge in [0.2, 0.25) is 0 Å². The van der Waals surface area contributed by atoms with Crippen molar-refractivity contribution in [1.82, 2.24) is 5.32 Å². The molecule has 3 aromatic rings. The van der Waals surface area contributed by atoms with Gasteiger partial charge in [-0.15, -0.1) is 0 Å². The zero-order valence-corrected chi connectivity index (χ0v) is 16.8. The molecule has 0 bridgehead atoms. The van der Waals surface area contributed by atoms with E-state index in [2.05, 4.69) is 5.32 Å². The van der Waals surface area contributed by atoms with E-state index in [0.717, 1.165) is 11.6 Å². The number of para-hydroxylation sites is 1. The molecule has 0 saturated carbocycles. The summed E-state index contributed by atoms with van der Waals surface area (Å²) in [4.78, 5) is 22.6. The number of nitro benzene ring substituents is 1. The number of aryl methyl sites for hydroxylation is 1. The third-order valence-electron chi connectivity index (χ3n) is 4.28. The lowest BCUT2D eigenvalue weighted by Crippen LogP contribution is -2.24. The van der Waals surface area contributed by atoms with Crippen molar-refractivity contribution in [1.29, 1.82) is 0 Å². The molecule has 1 N–H and O–H groups in total. The maximum atomic E-state index is 12.8. The molecule has 154 valence electrons. The largest absolute Gasteiger partial charge is 0.378 e. The van der Waals surface area contributed by atoms with E-state index in [-0.39, 0.29) is 34.0 Å². The van der Waals surface area contributed by atoms with Gasteiger partial charge in [0.25, 0.3) is 11.6 Å². The van der Waals surface area contributed by atoms with Crippen LogP contribution in [0.3, 0.4) is 0 Å². The van der Waals surface area contributed by atoms with E-state index in [9.17, 15) is 23.3 Å². The van der Waals surface area contributed by atoms with Gasteiger partial charge in [-0.2, -0.15) is 8.42 Å². The van der Waals surface area contributed by atoms with Crippen molar-refractivity contribution in [3.05, 3.63) is 99.6 Å². The first-order chi connectivity index (χ1) is 14.3. The van der Waals surface area contributed by atoms with Crippen LogP contribution in [-0.4, -0.2) is 19.2 Å². The summed E-state index contributed by atoms with van der Waals surface area (Å²) in [5.41, 5.74) is 0.812. The van der Waals surface area contributed by atoms with E-state index < -0.39 is 20.9 Å². The Morgan fingerprint density at radius 3 is 2.40 bits per heavy atom. The topological polar surface area (TPSA) is 116 Å². The van der Waals surface area contributed by atoms with Crippen LogP contribution in [0.1, 0.15) is 21.5 Å². The summed E-state index contributed by atoms with van der Waals surface area (Å²) >= 11 is 0. The fourth-order valence-electron chi connectivity index (χ4n) is 2.74. The Hall–Kier alpha value is -3.72. The van der Waals surface area contributed by atoms with Gasteiger partial charge in [0.1, 0.15) is 4.90 Å². The fourth-order valence-corrected chi connectivity index (χ4v) is 3.93. The third-order valence-corrected chi connectivity index (χ3v) is 5.66. The number of hydrogen-bond acceptors (Lipinski definition) is 6. The number of non-ortho nitro benzene ring substituents is 1. The zero-order valence-electron chi connectivity index (χ0n) is 15.9. The molecule has 3 aromatic carbocycles. The number of hydrogen-bond donors (Lipinski definition) is 1. The summed E-state index contributed by atoms with van der Waals surface area (Å²) in [5, 5.41) is 13.7. The lowest BCUT2D eigenvalue weighted by atomic mass is 10.1. The summed E-state index contributed by atoms with van der Waals surface area (Å²) in [6.07, 6.45) is 0. The minimum atomic E-state index is -4.41. The number of rotatable bonds is 7. The summed E-state index contributed by atoms with van der Waals surface area (Å²) < 4.78 is 30.7. The summed E-state index contributed by atoms with van der Waals surface area (Å²) in [6.45, 7) is 1.75. The minimum Gasteiger partial charge on any atom is -0.378 e. The molecule has 0 saturated heterocycles. The molecule has 9 heteroatoms. The first kappa shape index (κ1) is 21.0. The predicted molar refractivity (Wildman–Crippen MR) is 110 cm³/mol. The number of amides is 1. The van der Waals surface area contributed by atoms with E-state index in [0.29, 0.717) is 0 Å². The van der Waals surface area contributed by atoms with Gasteiger partial charge in [0, 0.05) is 18.7 Å². The molecule has 1 amide bonds. The lowest BCUT2D eigenvalue weighted by Gasteiger charge is -2.13. The Morgan fingerprint density at radius 1 is 1.03 bits per heavy atom. The molecule has 3 rings (SSSR count). The molecule has 0 heterocycles. The molecule has 0 aliphatic rings. The van der Waals surface area contributed by atoms with Crippen LogP contribution in [-0.2, 0) is 16.7 Å². The van der Waals surface area contributed by atoms with Crippen molar-refractivity contribution < 1.29 is 22.3 Å². The van der Waals surface area contributed by atoms with E-state index in [4.69, 9.17) is 4.18 Å². The molecule has 0 aromatic heterocycles. The van der Waals surface area contributed by atoms with Crippen LogP contribution < -0.4 is 9.50 Å². The van der Waals surface area contributed by atoms with Crippen molar-refractivity contribution in [2.24, 2.45) is 0 Å². The van der Waals surface area contributed by atoms with Crippen LogP contribution in [0.5, 0.6) is 5.75 Å². The summed E-state index contributed by atoms with van der Waals surface area (Å²) in [5.74, 6) is -0.686. The van der Waals surface area contributed by atoms with Gasteiger partial charge in [0.05, 0.1) is 10.5 Å². The van der Waals surface area contributed by atoms with Crippen molar-refractivity contribution in [3.63, 3.8) is 0 Å². The lowest BCUT2D eigenvalue weighted by molar-refractivity contribution is -0.385. The van der Waals surface area contributed by atoms with Crippen LogP contribution in [0.15, 0.2) is 77.7 Å². The van der Waals surface area contributed by atoms with Crippen molar-refractivity contribution in [2.45, 2.75) is 18.4 Å². The molecule has 0 aliphatic heterocycles. The maximum absolute atomic E-state index is 12.8. The highest BCUT2D eigenvalue weighted by atomic mass is 32.2. The molecule has 0 atom stereocenters. The SMILES string of the molecule is Cc1ccc([N+](=O)[O-])cc1S(=O)(=O)Oc1ccccc1C(=O)NCc1ccccc1. The highest BCUT2D eigenvalue weighted by Gasteiger charge is 2.25. The maximum Gasteiger partial charge on any atom is 0.339 e. The fraction of sp³-hybridized carbons (Fsp3) is 0.0952. The van der Waals surface area contributed by atoms with Gasteiger partial charge < -0.3 is 9.50 Å². The van der Waals surface area contributed by atoms with Gasteiger partial charge in [-0.3, -0.25) is 14.9 Å². The van der Waals surface area contributed by atoms with Crippen molar-refractivity contribution in [3.8, 4) is 5.75 Å². The van der Waals surface area contributed by atoms with Crippen LogP contribution in [0.25, 0.3) is 0 Å². The number of nitrogens with zero attached hydrogens (tertiary/aromatic N) is 1. The first-order valence-electron chi connectivity index (χ1n) is 8.88. The van der Waals surface area contributed by atoms with Crippen LogP contribution in [0.2, 0.25) is 0 Å². The molecule has 30 heavy (non-hydrogen) atoms. The predicted octanol–water partition coefficient (Wildman–Crippen LogP) is 3.60. The Kier molecular flexibility index (Phi) is 6.12. The van der Waals surface area contributed by atoms with Gasteiger partial charge in [-0.05, 0) is 30.2 Å². The van der Waals surface area contributed by atoms with Crippen molar-refractivity contribution in [2.75, 3.05) is 0 Å². The smallest absolute Gasteiger partial charge is 0.339 e. The highest BCUT2D eigenvalue weighted by molar-refractivity contribution is 7.87. The Labute approximate surface area is 173 Å². The summed E-state index contributed by atoms with van der Waals surface area (Å²) in [6, 6.07) is 18.6. The van der Waals surface area contributed by atoms with Crippen LogP contribution >= 0.6 is 0 Å². The number of carbonyl (C=O) groups is 1. The number of carbonyl (C=O) groups excluding carboxylic acids is 1. The van der Waals surface area contributed by atoms with Gasteiger partial charge >= 0.3 is 10.1 Å². The molecule has 0 spiro atoms. The third kappa shape index (κ3) is 4.81. The van der Waals surface area contributed by atoms with E-state index in [1.54, 1.807) is 6.07 Å². The number of nitrogens with one attached hydrogen (secondary N) is 1. The summed E-state index contributed by atoms with van der Waals surface area (Å²) in [7, 11) is -4.41. The van der Waals surface area contributed by atoms with E-state index in [1.165, 1.54) is 37.3 Å². The molecule has 0 radical (unpaired) electrons. The zero-order chi connectivity index (χ0) is 21.7. The molecule has 0 aliphatic carbocycles. The molecular weight excluding hydrogens is 408 g/mol. The monoisotopic (exact) mass is 426 g/mol. The van der Waals surface area contributed by atoms with Gasteiger partial charge in [-0.1, -0.05) is 48.5 Å². The van der Waals surface area contributed by atoms with E-state index >= 15 is 0 Å². The normalized spacial score (nSPS) is 11.0. The average Bonchev–Trinajstić information content (AvgIpc) is 2.73. The molecular formula is C21H18N2O6S. The Bertz CT molecular complexity index is 1190. The van der Waals surface area contributed by atoms with Crippen molar-refractivity contribution >= 4 is 21.7 Å².